The second-order valence-electron chi connectivity index (χ2n) is 24.1. The molecule has 7 fully saturated rings. The molecule has 5 unspecified atom stereocenters. The maximum atomic E-state index is 15.3. The highest BCUT2D eigenvalue weighted by molar-refractivity contribution is 5.89. The molecule has 0 spiro atoms. The average Bonchev–Trinajstić information content (AvgIpc) is 3.24. The van der Waals surface area contributed by atoms with E-state index in [0.29, 0.717) is 68.9 Å². The van der Waals surface area contributed by atoms with Gasteiger partial charge in [-0.25, -0.2) is 4.98 Å². The molecule has 7 aliphatic carbocycles. The van der Waals surface area contributed by atoms with Gasteiger partial charge in [-0.1, -0.05) is 109 Å². The van der Waals surface area contributed by atoms with Crippen molar-refractivity contribution in [3.05, 3.63) is 113 Å². The summed E-state index contributed by atoms with van der Waals surface area (Å²) in [5.74, 6) is 5.52. The van der Waals surface area contributed by atoms with E-state index in [2.05, 4.69) is 65.8 Å². The van der Waals surface area contributed by atoms with Crippen LogP contribution >= 0.6 is 0 Å². The van der Waals surface area contributed by atoms with Gasteiger partial charge in [0, 0.05) is 27.8 Å². The molecule has 7 bridgehead atoms. The summed E-state index contributed by atoms with van der Waals surface area (Å²) in [6.07, 6.45) is 9.85. The third kappa shape index (κ3) is 7.52. The number of pyridine rings is 1. The number of rotatable bonds is 6. The molecular weight excluding hydrogens is 812 g/mol. The van der Waals surface area contributed by atoms with Gasteiger partial charge in [-0.05, 0) is 186 Å². The lowest BCUT2D eigenvalue weighted by Gasteiger charge is -2.57. The number of phenols is 2. The number of hydrogen-bond donors (Lipinski definition) is 2. The molecule has 340 valence electrons. The van der Waals surface area contributed by atoms with Crippen molar-refractivity contribution in [2.75, 3.05) is 0 Å². The molecule has 12 rings (SSSR count). The Hall–Kier alpha value is -4.58. The van der Waals surface area contributed by atoms with E-state index in [4.69, 9.17) is 4.98 Å². The number of phenolic OH excluding ortho intramolecular Hbond substituents is 2. The van der Waals surface area contributed by atoms with Crippen LogP contribution in [0.2, 0.25) is 0 Å². The molecule has 3 nitrogen and oxygen atoms in total. The van der Waals surface area contributed by atoms with Gasteiger partial charge >= 0.3 is 6.18 Å². The number of halogens is 3. The highest BCUT2D eigenvalue weighted by Crippen LogP contribution is 2.63. The first-order valence-corrected chi connectivity index (χ1v) is 24.9. The van der Waals surface area contributed by atoms with Gasteiger partial charge < -0.3 is 10.2 Å². The first kappa shape index (κ1) is 43.0. The second-order valence-corrected chi connectivity index (χ2v) is 24.1. The van der Waals surface area contributed by atoms with Crippen LogP contribution in [0, 0.1) is 41.4 Å². The zero-order valence-electron chi connectivity index (χ0n) is 39.2. The number of aromatic hydroxyl groups is 2. The monoisotopic (exact) mass is 878 g/mol. The van der Waals surface area contributed by atoms with Crippen molar-refractivity contribution in [3.8, 4) is 56.3 Å². The fraction of sp³-hybridized carbons (Fsp3) is 0.508. The normalized spacial score (nSPS) is 29.4. The van der Waals surface area contributed by atoms with Crippen molar-refractivity contribution in [1.82, 2.24) is 4.98 Å². The minimum atomic E-state index is -4.66. The summed E-state index contributed by atoms with van der Waals surface area (Å²) in [5, 5.41) is 25.2. The van der Waals surface area contributed by atoms with Crippen molar-refractivity contribution in [2.24, 2.45) is 41.4 Å². The molecule has 5 aromatic rings. The Kier molecular flexibility index (Phi) is 10.1. The van der Waals surface area contributed by atoms with Gasteiger partial charge in [-0.15, -0.1) is 0 Å². The minimum absolute atomic E-state index is 0.0970. The number of fused-ring (bicyclic) bond motifs is 2. The summed E-state index contributed by atoms with van der Waals surface area (Å²) in [5.41, 5.74) is 6.96. The summed E-state index contributed by atoms with van der Waals surface area (Å²) in [6.45, 7) is 13.2. The van der Waals surface area contributed by atoms with Crippen LogP contribution in [-0.2, 0) is 22.4 Å². The Bertz CT molecular complexity index is 2640. The van der Waals surface area contributed by atoms with E-state index in [0.717, 1.165) is 53.9 Å². The van der Waals surface area contributed by atoms with Crippen molar-refractivity contribution < 1.29 is 23.4 Å². The summed E-state index contributed by atoms with van der Waals surface area (Å²) in [6, 6.07) is 26.0. The first-order valence-electron chi connectivity index (χ1n) is 24.9. The van der Waals surface area contributed by atoms with Crippen LogP contribution in [-0.4, -0.2) is 15.2 Å². The average molecular weight is 878 g/mol. The summed E-state index contributed by atoms with van der Waals surface area (Å²) in [4.78, 5) is 5.16. The van der Waals surface area contributed by atoms with Gasteiger partial charge in [0.05, 0.1) is 17.0 Å². The van der Waals surface area contributed by atoms with Crippen LogP contribution in [0.25, 0.3) is 44.8 Å². The first-order chi connectivity index (χ1) is 30.8. The molecule has 2 N–H and O–H groups in total. The molecule has 6 heteroatoms. The molecule has 65 heavy (non-hydrogen) atoms. The number of aromatic nitrogens is 1. The Morgan fingerprint density at radius 1 is 0.508 bits per heavy atom. The smallest absolute Gasteiger partial charge is 0.416 e. The van der Waals surface area contributed by atoms with Crippen LogP contribution in [0.1, 0.15) is 152 Å². The van der Waals surface area contributed by atoms with Crippen LogP contribution < -0.4 is 0 Å². The highest BCUT2D eigenvalue weighted by Gasteiger charge is 2.53. The Morgan fingerprint density at radius 2 is 1.00 bits per heavy atom. The van der Waals surface area contributed by atoms with Gasteiger partial charge in [0.15, 0.2) is 0 Å². The van der Waals surface area contributed by atoms with E-state index < -0.39 is 11.7 Å². The van der Waals surface area contributed by atoms with E-state index in [1.54, 1.807) is 0 Å². The van der Waals surface area contributed by atoms with Crippen LogP contribution in [0.3, 0.4) is 0 Å². The lowest BCUT2D eigenvalue weighted by Crippen LogP contribution is -2.48. The number of benzene rings is 4. The van der Waals surface area contributed by atoms with E-state index in [9.17, 15) is 10.2 Å². The Morgan fingerprint density at radius 3 is 1.54 bits per heavy atom. The molecule has 1 heterocycles. The van der Waals surface area contributed by atoms with E-state index in [-0.39, 0.29) is 45.0 Å². The zero-order chi connectivity index (χ0) is 45.4. The third-order valence-electron chi connectivity index (χ3n) is 17.7. The summed E-state index contributed by atoms with van der Waals surface area (Å²) >= 11 is 0. The molecule has 0 saturated heterocycles. The van der Waals surface area contributed by atoms with E-state index in [1.807, 2.05) is 48.5 Å². The van der Waals surface area contributed by atoms with Crippen molar-refractivity contribution in [2.45, 2.75) is 147 Å². The maximum Gasteiger partial charge on any atom is 0.416 e. The Balaban J connectivity index is 1.07. The highest BCUT2D eigenvalue weighted by atomic mass is 19.4. The molecule has 7 saturated carbocycles. The SMILES string of the molecule is CC(C)(C)c1cc(-c2ccccc2-c2cc(C(F)(F)F)cc(-c3ccccc3-c3cc(C(C)(C)C)cc(C45CC6CC(CC(C6)C4)C5)c3O)n2)c(O)c(C2CC3CC4CCC2C(C4)C3)c1. The van der Waals surface area contributed by atoms with Gasteiger partial charge in [-0.2, -0.15) is 13.2 Å². The van der Waals surface area contributed by atoms with E-state index >= 15 is 13.2 Å². The largest absolute Gasteiger partial charge is 0.507 e. The fourth-order valence-electron chi connectivity index (χ4n) is 15.0. The zero-order valence-corrected chi connectivity index (χ0v) is 39.2. The molecular formula is C59H66F3NO2. The quantitative estimate of drug-likeness (QED) is 0.179. The molecule has 4 aromatic carbocycles. The lowest BCUT2D eigenvalue weighted by molar-refractivity contribution is -0.137. The van der Waals surface area contributed by atoms with Gasteiger partial charge in [0.2, 0.25) is 0 Å². The molecule has 0 aliphatic heterocycles. The predicted molar refractivity (Wildman–Crippen MR) is 256 cm³/mol. The lowest BCUT2D eigenvalue weighted by atomic mass is 9.47. The molecule has 1 aromatic heterocycles. The van der Waals surface area contributed by atoms with Gasteiger partial charge in [-0.3, -0.25) is 0 Å². The third-order valence-corrected chi connectivity index (χ3v) is 17.7. The van der Waals surface area contributed by atoms with Gasteiger partial charge in [0.25, 0.3) is 0 Å². The molecule has 5 atom stereocenters. The molecule has 0 amide bonds. The van der Waals surface area contributed by atoms with Crippen LogP contribution in [0.4, 0.5) is 13.2 Å². The second kappa shape index (κ2) is 15.2. The number of alkyl halides is 3. The van der Waals surface area contributed by atoms with Gasteiger partial charge in [0.1, 0.15) is 11.5 Å². The predicted octanol–water partition coefficient (Wildman–Crippen LogP) is 16.2. The summed E-state index contributed by atoms with van der Waals surface area (Å²) in [7, 11) is 0. The topological polar surface area (TPSA) is 53.4 Å². The molecule has 7 aliphatic rings. The molecule has 0 radical (unpaired) electrons. The standard InChI is InChI=1S/C59H66F3NO2/c1-56(2,3)39-24-48(54(64)50(25-39)47-23-34-17-33-15-16-42(47)38(21-33)22-34)43-11-7-9-13-45(43)52-28-41(59(60,61)62)29-53(63-52)46-14-10-8-12-44(46)49-26-40(57(4,5)6)27-51(55(49)65)58-30-35-18-36(31-58)20-37(19-35)32-58/h7-14,24-29,33-38,42,47,64-65H,15-23,30-32H2,1-6H3. The number of hydrogen-bond acceptors (Lipinski definition) is 3. The number of nitrogens with zero attached hydrogens (tertiary/aromatic N) is 1. The maximum absolute atomic E-state index is 15.3. The van der Waals surface area contributed by atoms with Crippen LogP contribution in [0.15, 0.2) is 84.9 Å². The fourth-order valence-corrected chi connectivity index (χ4v) is 15.0. The van der Waals surface area contributed by atoms with Crippen molar-refractivity contribution in [1.29, 1.82) is 0 Å². The Labute approximate surface area is 384 Å². The summed E-state index contributed by atoms with van der Waals surface area (Å²) < 4.78 is 45.8. The van der Waals surface area contributed by atoms with Crippen LogP contribution in [0.5, 0.6) is 11.5 Å². The minimum Gasteiger partial charge on any atom is -0.507 e. The van der Waals surface area contributed by atoms with Crippen molar-refractivity contribution in [3.63, 3.8) is 0 Å². The van der Waals surface area contributed by atoms with E-state index in [1.165, 1.54) is 63.5 Å². The van der Waals surface area contributed by atoms with Crippen molar-refractivity contribution >= 4 is 0 Å².